The van der Waals surface area contributed by atoms with Gasteiger partial charge >= 0.3 is 5.97 Å². The van der Waals surface area contributed by atoms with Crippen LogP contribution in [0, 0.1) is 0 Å². The third-order valence-electron chi connectivity index (χ3n) is 5.10. The van der Waals surface area contributed by atoms with E-state index in [4.69, 9.17) is 4.74 Å². The zero-order valence-corrected chi connectivity index (χ0v) is 17.5. The molecular weight excluding hydrogens is 348 g/mol. The Morgan fingerprint density at radius 1 is 1.00 bits per heavy atom. The minimum atomic E-state index is -0.434. The number of carbonyl (C=O) groups excluding carboxylic acids is 1. The number of piperazine rings is 1. The van der Waals surface area contributed by atoms with E-state index in [1.807, 2.05) is 20.8 Å². The lowest BCUT2D eigenvalue weighted by atomic mass is 9.95. The number of hydrogen-bond acceptors (Lipinski definition) is 4. The Morgan fingerprint density at radius 2 is 1.54 bits per heavy atom. The second-order valence-electron chi connectivity index (χ2n) is 8.63. The summed E-state index contributed by atoms with van der Waals surface area (Å²) in [5.74, 6) is -0.143. The summed E-state index contributed by atoms with van der Waals surface area (Å²) < 4.78 is 5.49. The lowest BCUT2D eigenvalue weighted by molar-refractivity contribution is -0.156. The molecule has 0 radical (unpaired) electrons. The van der Waals surface area contributed by atoms with Gasteiger partial charge in [0.1, 0.15) is 5.60 Å². The smallest absolute Gasteiger partial charge is 0.320 e. The lowest BCUT2D eigenvalue weighted by Gasteiger charge is -2.44. The van der Waals surface area contributed by atoms with Gasteiger partial charge in [0, 0.05) is 25.7 Å². The molecule has 0 bridgehead atoms. The summed E-state index contributed by atoms with van der Waals surface area (Å²) in [6, 6.07) is 21.9. The highest BCUT2D eigenvalue weighted by atomic mass is 16.6. The highest BCUT2D eigenvalue weighted by Crippen LogP contribution is 2.31. The van der Waals surface area contributed by atoms with Gasteiger partial charge in [-0.25, -0.2) is 0 Å². The number of nitrogens with zero attached hydrogens (tertiary/aromatic N) is 2. The molecule has 1 fully saturated rings. The zero-order valence-electron chi connectivity index (χ0n) is 17.5. The van der Waals surface area contributed by atoms with Crippen molar-refractivity contribution < 1.29 is 9.53 Å². The minimum Gasteiger partial charge on any atom is -0.459 e. The van der Waals surface area contributed by atoms with Crippen molar-refractivity contribution in [2.45, 2.75) is 45.4 Å². The van der Waals surface area contributed by atoms with Crippen molar-refractivity contribution in [1.29, 1.82) is 0 Å². The van der Waals surface area contributed by atoms with E-state index < -0.39 is 5.60 Å². The number of rotatable bonds is 5. The Balaban J connectivity index is 1.73. The van der Waals surface area contributed by atoms with Crippen LogP contribution < -0.4 is 0 Å². The van der Waals surface area contributed by atoms with Gasteiger partial charge in [-0.1, -0.05) is 60.7 Å². The van der Waals surface area contributed by atoms with Crippen molar-refractivity contribution in [3.63, 3.8) is 0 Å². The normalized spacial score (nSPS) is 19.0. The number of benzene rings is 2. The second-order valence-corrected chi connectivity index (χ2v) is 8.63. The first-order valence-corrected chi connectivity index (χ1v) is 10.1. The Hall–Kier alpha value is -2.17. The summed E-state index contributed by atoms with van der Waals surface area (Å²) in [6.45, 7) is 11.0. The highest BCUT2D eigenvalue weighted by Gasteiger charge is 2.32. The molecule has 1 aliphatic rings. The number of ether oxygens (including phenoxy) is 1. The van der Waals surface area contributed by atoms with Crippen molar-refractivity contribution in [1.82, 2.24) is 9.80 Å². The maximum atomic E-state index is 12.2. The molecule has 0 unspecified atom stereocenters. The van der Waals surface area contributed by atoms with E-state index in [1.165, 1.54) is 11.1 Å². The average Bonchev–Trinajstić information content (AvgIpc) is 2.64. The molecule has 150 valence electrons. The standard InChI is InChI=1S/C24H32N2O2/c1-19-17-25(18-22(27)28-24(2,3)4)15-16-26(19)23(20-11-7-5-8-12-20)21-13-9-6-10-14-21/h5-14,19,23H,15-18H2,1-4H3/t19-/m0/s1. The zero-order chi connectivity index (χ0) is 20.1. The molecule has 1 atom stereocenters. The maximum absolute atomic E-state index is 12.2. The third-order valence-corrected chi connectivity index (χ3v) is 5.10. The molecule has 28 heavy (non-hydrogen) atoms. The molecule has 1 saturated heterocycles. The summed E-state index contributed by atoms with van der Waals surface area (Å²) in [5, 5.41) is 0. The summed E-state index contributed by atoms with van der Waals surface area (Å²) in [4.78, 5) is 17.0. The van der Waals surface area contributed by atoms with Gasteiger partial charge in [0.2, 0.25) is 0 Å². The van der Waals surface area contributed by atoms with Crippen LogP contribution >= 0.6 is 0 Å². The van der Waals surface area contributed by atoms with Crippen molar-refractivity contribution >= 4 is 5.97 Å². The van der Waals surface area contributed by atoms with Crippen molar-refractivity contribution in [2.24, 2.45) is 0 Å². The van der Waals surface area contributed by atoms with Gasteiger partial charge in [0.05, 0.1) is 12.6 Å². The van der Waals surface area contributed by atoms with Gasteiger partial charge in [-0.3, -0.25) is 14.6 Å². The Morgan fingerprint density at radius 3 is 2.00 bits per heavy atom. The van der Waals surface area contributed by atoms with Crippen LogP contribution in [-0.4, -0.2) is 53.6 Å². The second kappa shape index (κ2) is 8.89. The third kappa shape index (κ3) is 5.43. The van der Waals surface area contributed by atoms with Crippen molar-refractivity contribution in [3.8, 4) is 0 Å². The molecule has 2 aromatic rings. The first kappa shape index (κ1) is 20.6. The van der Waals surface area contributed by atoms with Crippen LogP contribution in [0.25, 0.3) is 0 Å². The highest BCUT2D eigenvalue weighted by molar-refractivity contribution is 5.72. The Labute approximate surface area is 169 Å². The number of esters is 1. The number of carbonyl (C=O) groups is 1. The summed E-state index contributed by atoms with van der Waals surface area (Å²) >= 11 is 0. The van der Waals surface area contributed by atoms with Gasteiger partial charge in [0.25, 0.3) is 0 Å². The van der Waals surface area contributed by atoms with E-state index in [2.05, 4.69) is 77.4 Å². The fraction of sp³-hybridized carbons (Fsp3) is 0.458. The molecule has 4 heteroatoms. The maximum Gasteiger partial charge on any atom is 0.320 e. The molecule has 3 rings (SSSR count). The Bertz CT molecular complexity index is 716. The summed E-state index contributed by atoms with van der Waals surface area (Å²) in [5.41, 5.74) is 2.18. The molecule has 0 aromatic heterocycles. The predicted molar refractivity (Wildman–Crippen MR) is 113 cm³/mol. The molecule has 0 saturated carbocycles. The predicted octanol–water partition coefficient (Wildman–Crippen LogP) is 4.12. The van der Waals surface area contributed by atoms with E-state index in [9.17, 15) is 4.79 Å². The van der Waals surface area contributed by atoms with Gasteiger partial charge in [-0.05, 0) is 38.8 Å². The first-order valence-electron chi connectivity index (χ1n) is 10.1. The number of hydrogen-bond donors (Lipinski definition) is 0. The van der Waals surface area contributed by atoms with E-state index in [0.717, 1.165) is 19.6 Å². The minimum absolute atomic E-state index is 0.143. The topological polar surface area (TPSA) is 32.8 Å². The van der Waals surface area contributed by atoms with Crippen LogP contribution in [0.4, 0.5) is 0 Å². The molecular formula is C24H32N2O2. The molecule has 1 aliphatic heterocycles. The van der Waals surface area contributed by atoms with Gasteiger partial charge in [-0.15, -0.1) is 0 Å². The van der Waals surface area contributed by atoms with Crippen LogP contribution in [0.3, 0.4) is 0 Å². The van der Waals surface area contributed by atoms with E-state index in [0.29, 0.717) is 12.6 Å². The molecule has 0 aliphatic carbocycles. The molecule has 1 heterocycles. The molecule has 4 nitrogen and oxygen atoms in total. The quantitative estimate of drug-likeness (QED) is 0.731. The monoisotopic (exact) mass is 380 g/mol. The molecule has 0 spiro atoms. The summed E-state index contributed by atoms with van der Waals surface area (Å²) in [7, 11) is 0. The fourth-order valence-corrected chi connectivity index (χ4v) is 3.98. The lowest BCUT2D eigenvalue weighted by Crippen LogP contribution is -2.54. The van der Waals surface area contributed by atoms with Crippen LogP contribution in [0.15, 0.2) is 60.7 Å². The van der Waals surface area contributed by atoms with E-state index in [-0.39, 0.29) is 12.0 Å². The van der Waals surface area contributed by atoms with Crippen LogP contribution in [0.1, 0.15) is 44.9 Å². The average molecular weight is 381 g/mol. The summed E-state index contributed by atoms with van der Waals surface area (Å²) in [6.07, 6.45) is 0. The molecule has 0 N–H and O–H groups in total. The molecule has 2 aromatic carbocycles. The SMILES string of the molecule is C[C@H]1CN(CC(=O)OC(C)(C)C)CCN1C(c1ccccc1)c1ccccc1. The first-order chi connectivity index (χ1) is 13.3. The van der Waals surface area contributed by atoms with Crippen LogP contribution in [0.2, 0.25) is 0 Å². The van der Waals surface area contributed by atoms with E-state index >= 15 is 0 Å². The van der Waals surface area contributed by atoms with Crippen molar-refractivity contribution in [2.75, 3.05) is 26.2 Å². The van der Waals surface area contributed by atoms with Crippen molar-refractivity contribution in [3.05, 3.63) is 71.8 Å². The Kier molecular flexibility index (Phi) is 6.53. The van der Waals surface area contributed by atoms with Gasteiger partial charge < -0.3 is 4.74 Å². The van der Waals surface area contributed by atoms with Gasteiger partial charge in [-0.2, -0.15) is 0 Å². The van der Waals surface area contributed by atoms with Crippen LogP contribution in [0.5, 0.6) is 0 Å². The van der Waals surface area contributed by atoms with Gasteiger partial charge in [0.15, 0.2) is 0 Å². The van der Waals surface area contributed by atoms with E-state index in [1.54, 1.807) is 0 Å². The largest absolute Gasteiger partial charge is 0.459 e. The fourth-order valence-electron chi connectivity index (χ4n) is 3.98. The molecule has 0 amide bonds. The van der Waals surface area contributed by atoms with Crippen LogP contribution in [-0.2, 0) is 9.53 Å².